The van der Waals surface area contributed by atoms with Gasteiger partial charge in [0.1, 0.15) is 6.54 Å². The second-order valence-corrected chi connectivity index (χ2v) is 5.00. The zero-order valence-electron chi connectivity index (χ0n) is 9.00. The van der Waals surface area contributed by atoms with E-state index in [1.165, 1.54) is 19.3 Å². The summed E-state index contributed by atoms with van der Waals surface area (Å²) in [6, 6.07) is 1.32. The maximum atomic E-state index is 11.8. The van der Waals surface area contributed by atoms with Gasteiger partial charge in [0.2, 0.25) is 0 Å². The molecule has 0 aromatic carbocycles. The molecule has 0 aliphatic carbocycles. The minimum Gasteiger partial charge on any atom is -0.465 e. The minimum absolute atomic E-state index is 0.0562. The fourth-order valence-electron chi connectivity index (χ4n) is 1.03. The molecule has 1 rings (SSSR count). The second kappa shape index (κ2) is 5.08. The van der Waals surface area contributed by atoms with Crippen LogP contribution in [0.1, 0.15) is 6.92 Å². The predicted octanol–water partition coefficient (Wildman–Crippen LogP) is -0.407. The minimum atomic E-state index is -3.69. The highest BCUT2D eigenvalue weighted by atomic mass is 32.2. The average molecular weight is 247 g/mol. The third kappa shape index (κ3) is 2.80. The van der Waals surface area contributed by atoms with Gasteiger partial charge in [0, 0.05) is 7.05 Å². The molecule has 8 heteroatoms. The molecule has 0 radical (unpaired) electrons. The summed E-state index contributed by atoms with van der Waals surface area (Å²) in [6.07, 6.45) is 1.32. The van der Waals surface area contributed by atoms with Gasteiger partial charge in [0.25, 0.3) is 10.0 Å². The van der Waals surface area contributed by atoms with Crippen molar-refractivity contribution in [3.05, 3.63) is 12.3 Å². The van der Waals surface area contributed by atoms with Gasteiger partial charge < -0.3 is 4.74 Å². The van der Waals surface area contributed by atoms with Gasteiger partial charge >= 0.3 is 5.97 Å². The van der Waals surface area contributed by atoms with Gasteiger partial charge in [-0.2, -0.15) is 9.40 Å². The van der Waals surface area contributed by atoms with E-state index < -0.39 is 16.0 Å². The number of hydrogen-bond donors (Lipinski definition) is 1. The van der Waals surface area contributed by atoms with Crippen molar-refractivity contribution in [1.82, 2.24) is 14.5 Å². The normalized spacial score (nSPS) is 11.7. The number of aromatic amines is 1. The summed E-state index contributed by atoms with van der Waals surface area (Å²) < 4.78 is 29.1. The van der Waals surface area contributed by atoms with Crippen molar-refractivity contribution in [2.45, 2.75) is 11.9 Å². The van der Waals surface area contributed by atoms with E-state index in [1.54, 1.807) is 6.92 Å². The van der Waals surface area contributed by atoms with Crippen molar-refractivity contribution in [3.8, 4) is 0 Å². The van der Waals surface area contributed by atoms with Gasteiger partial charge in [-0.25, -0.2) is 8.42 Å². The molecule has 0 fully saturated rings. The van der Waals surface area contributed by atoms with E-state index in [1.807, 2.05) is 0 Å². The van der Waals surface area contributed by atoms with Crippen molar-refractivity contribution >= 4 is 16.0 Å². The smallest absolute Gasteiger partial charge is 0.321 e. The third-order valence-electron chi connectivity index (χ3n) is 1.82. The zero-order chi connectivity index (χ0) is 12.2. The summed E-state index contributed by atoms with van der Waals surface area (Å²) in [4.78, 5) is 11.1. The number of esters is 1. The Kier molecular flexibility index (Phi) is 4.02. The van der Waals surface area contributed by atoms with Crippen LogP contribution in [0.5, 0.6) is 0 Å². The summed E-state index contributed by atoms with van der Waals surface area (Å²) in [7, 11) is -2.40. The summed E-state index contributed by atoms with van der Waals surface area (Å²) in [6.45, 7) is 1.55. The Labute approximate surface area is 93.4 Å². The number of likely N-dealkylation sites (N-methyl/N-ethyl adjacent to an activating group) is 1. The first kappa shape index (κ1) is 12.7. The van der Waals surface area contributed by atoms with Crippen LogP contribution in [0.4, 0.5) is 0 Å². The van der Waals surface area contributed by atoms with Gasteiger partial charge in [0.05, 0.1) is 12.8 Å². The molecule has 1 aromatic heterocycles. The molecule has 0 saturated heterocycles. The van der Waals surface area contributed by atoms with E-state index in [-0.39, 0.29) is 18.2 Å². The number of carbonyl (C=O) groups is 1. The van der Waals surface area contributed by atoms with Crippen molar-refractivity contribution in [2.24, 2.45) is 0 Å². The van der Waals surface area contributed by atoms with Gasteiger partial charge in [-0.05, 0) is 13.0 Å². The van der Waals surface area contributed by atoms with Crippen LogP contribution in [0.15, 0.2) is 17.3 Å². The van der Waals surface area contributed by atoms with Crippen LogP contribution in [0.2, 0.25) is 0 Å². The lowest BCUT2D eigenvalue weighted by atomic mass is 10.6. The van der Waals surface area contributed by atoms with Crippen molar-refractivity contribution in [1.29, 1.82) is 0 Å². The van der Waals surface area contributed by atoms with Crippen LogP contribution >= 0.6 is 0 Å². The Hall–Kier alpha value is -1.41. The number of nitrogens with zero attached hydrogens (tertiary/aromatic N) is 2. The van der Waals surface area contributed by atoms with Gasteiger partial charge in [-0.3, -0.25) is 9.89 Å². The number of H-pyrrole nitrogens is 1. The molecule has 0 aliphatic rings. The van der Waals surface area contributed by atoms with E-state index in [9.17, 15) is 13.2 Å². The highest BCUT2D eigenvalue weighted by Crippen LogP contribution is 2.09. The predicted molar refractivity (Wildman–Crippen MR) is 55.0 cm³/mol. The molecule has 0 saturated carbocycles. The Morgan fingerprint density at radius 2 is 2.31 bits per heavy atom. The van der Waals surface area contributed by atoms with Crippen LogP contribution in [0.3, 0.4) is 0 Å². The number of carbonyl (C=O) groups excluding carboxylic acids is 1. The molecule has 1 heterocycles. The molecule has 0 atom stereocenters. The van der Waals surface area contributed by atoms with E-state index in [0.29, 0.717) is 0 Å². The summed E-state index contributed by atoms with van der Waals surface area (Å²) in [5.41, 5.74) is 0. The van der Waals surface area contributed by atoms with Gasteiger partial charge in [-0.15, -0.1) is 0 Å². The second-order valence-electron chi connectivity index (χ2n) is 2.99. The van der Waals surface area contributed by atoms with Crippen LogP contribution in [-0.4, -0.2) is 49.1 Å². The number of sulfonamides is 1. The van der Waals surface area contributed by atoms with Crippen molar-refractivity contribution in [2.75, 3.05) is 20.2 Å². The zero-order valence-corrected chi connectivity index (χ0v) is 9.82. The van der Waals surface area contributed by atoms with E-state index in [2.05, 4.69) is 14.9 Å². The molecular weight excluding hydrogens is 234 g/mol. The first-order valence-electron chi connectivity index (χ1n) is 4.59. The van der Waals surface area contributed by atoms with Gasteiger partial charge in [-0.1, -0.05) is 0 Å². The summed E-state index contributed by atoms with van der Waals surface area (Å²) >= 11 is 0. The maximum absolute atomic E-state index is 11.8. The van der Waals surface area contributed by atoms with E-state index in [0.717, 1.165) is 4.31 Å². The SMILES string of the molecule is CCOC(=O)CN(C)S(=O)(=O)c1ccn[nH]1. The molecule has 1 N–H and O–H groups in total. The lowest BCUT2D eigenvalue weighted by Gasteiger charge is -2.14. The largest absolute Gasteiger partial charge is 0.465 e. The van der Waals surface area contributed by atoms with Crippen LogP contribution in [-0.2, 0) is 19.6 Å². The molecule has 1 aromatic rings. The summed E-state index contributed by atoms with van der Waals surface area (Å²) in [5, 5.41) is 5.81. The Morgan fingerprint density at radius 3 is 2.81 bits per heavy atom. The first-order valence-corrected chi connectivity index (χ1v) is 6.03. The summed E-state index contributed by atoms with van der Waals surface area (Å²) in [5.74, 6) is -0.590. The molecule has 16 heavy (non-hydrogen) atoms. The number of hydrogen-bond acceptors (Lipinski definition) is 5. The Balaban J connectivity index is 2.74. The maximum Gasteiger partial charge on any atom is 0.321 e. The first-order chi connectivity index (χ1) is 7.48. The van der Waals surface area contributed by atoms with E-state index >= 15 is 0 Å². The molecule has 0 unspecified atom stereocenters. The lowest BCUT2D eigenvalue weighted by Crippen LogP contribution is -2.33. The van der Waals surface area contributed by atoms with Crippen LogP contribution in [0.25, 0.3) is 0 Å². The fraction of sp³-hybridized carbons (Fsp3) is 0.500. The van der Waals surface area contributed by atoms with Gasteiger partial charge in [0.15, 0.2) is 5.03 Å². The van der Waals surface area contributed by atoms with Crippen molar-refractivity contribution in [3.63, 3.8) is 0 Å². The number of ether oxygens (including phenoxy) is 1. The molecule has 0 aliphatic heterocycles. The Morgan fingerprint density at radius 1 is 1.62 bits per heavy atom. The number of rotatable bonds is 5. The highest BCUT2D eigenvalue weighted by Gasteiger charge is 2.24. The fourth-order valence-corrected chi connectivity index (χ4v) is 2.04. The van der Waals surface area contributed by atoms with Crippen LogP contribution < -0.4 is 0 Å². The molecule has 7 nitrogen and oxygen atoms in total. The molecular formula is C8H13N3O4S. The molecule has 0 spiro atoms. The number of aromatic nitrogens is 2. The van der Waals surface area contributed by atoms with Crippen molar-refractivity contribution < 1.29 is 17.9 Å². The third-order valence-corrected chi connectivity index (χ3v) is 3.55. The average Bonchev–Trinajstić information content (AvgIpc) is 2.70. The highest BCUT2D eigenvalue weighted by molar-refractivity contribution is 7.89. The lowest BCUT2D eigenvalue weighted by molar-refractivity contribution is -0.143. The van der Waals surface area contributed by atoms with Crippen LogP contribution in [0, 0.1) is 0 Å². The molecule has 0 amide bonds. The molecule has 90 valence electrons. The molecule has 0 bridgehead atoms. The standard InChI is InChI=1S/C8H13N3O4S/c1-3-15-8(12)6-11(2)16(13,14)7-4-5-9-10-7/h4-5H,3,6H2,1-2H3,(H,9,10). The quantitative estimate of drug-likeness (QED) is 0.714. The van der Waals surface area contributed by atoms with E-state index in [4.69, 9.17) is 0 Å². The Bertz CT molecular complexity index is 440. The topological polar surface area (TPSA) is 92.4 Å². The number of nitrogens with one attached hydrogen (secondary N) is 1. The monoisotopic (exact) mass is 247 g/mol.